The van der Waals surface area contributed by atoms with Crippen molar-refractivity contribution >= 4 is 11.9 Å². The Labute approximate surface area is 158 Å². The number of amides is 1. The van der Waals surface area contributed by atoms with Crippen LogP contribution in [0, 0.1) is 5.92 Å². The second-order valence-electron chi connectivity index (χ2n) is 7.27. The van der Waals surface area contributed by atoms with Crippen molar-refractivity contribution in [1.82, 2.24) is 14.7 Å². The molecule has 0 radical (unpaired) electrons. The van der Waals surface area contributed by atoms with Crippen molar-refractivity contribution in [3.05, 3.63) is 47.8 Å². The lowest BCUT2D eigenvalue weighted by Gasteiger charge is -2.32. The Morgan fingerprint density at radius 2 is 1.85 bits per heavy atom. The third-order valence-electron chi connectivity index (χ3n) is 4.66. The molecule has 0 saturated carbocycles. The zero-order chi connectivity index (χ0) is 19.4. The number of rotatable bonds is 6. The summed E-state index contributed by atoms with van der Waals surface area (Å²) in [6.45, 7) is 6.08. The molecule has 27 heavy (non-hydrogen) atoms. The average molecular weight is 371 g/mol. The first-order chi connectivity index (χ1) is 12.9. The van der Waals surface area contributed by atoms with Crippen molar-refractivity contribution in [2.75, 3.05) is 19.7 Å². The van der Waals surface area contributed by atoms with Crippen LogP contribution in [-0.2, 0) is 0 Å². The molecule has 3 rings (SSSR count). The summed E-state index contributed by atoms with van der Waals surface area (Å²) in [5.41, 5.74) is 0.839. The molecule has 7 nitrogen and oxygen atoms in total. The molecule has 0 unspecified atom stereocenters. The van der Waals surface area contributed by atoms with Crippen LogP contribution in [0.3, 0.4) is 0 Å². The summed E-state index contributed by atoms with van der Waals surface area (Å²) in [6.07, 6.45) is 4.42. The van der Waals surface area contributed by atoms with Gasteiger partial charge in [-0.05, 0) is 43.0 Å². The highest BCUT2D eigenvalue weighted by atomic mass is 16.5. The summed E-state index contributed by atoms with van der Waals surface area (Å²) in [6, 6.07) is 7.39. The number of piperidine rings is 1. The predicted octanol–water partition coefficient (Wildman–Crippen LogP) is 3.09. The molecule has 1 saturated heterocycles. The number of carboxylic acid groups (broad SMARTS) is 1. The van der Waals surface area contributed by atoms with Crippen LogP contribution in [0.4, 0.5) is 0 Å². The zero-order valence-electron chi connectivity index (χ0n) is 15.7. The Balaban J connectivity index is 1.55. The van der Waals surface area contributed by atoms with Crippen molar-refractivity contribution in [3.63, 3.8) is 0 Å². The van der Waals surface area contributed by atoms with Gasteiger partial charge in [-0.2, -0.15) is 5.10 Å². The van der Waals surface area contributed by atoms with E-state index in [1.54, 1.807) is 23.0 Å². The van der Waals surface area contributed by atoms with Gasteiger partial charge in [0.1, 0.15) is 5.75 Å². The molecule has 0 atom stereocenters. The van der Waals surface area contributed by atoms with Crippen molar-refractivity contribution < 1.29 is 19.4 Å². The molecule has 0 bridgehead atoms. The largest absolute Gasteiger partial charge is 0.493 e. The molecule has 1 aromatic heterocycles. The average Bonchev–Trinajstić information content (AvgIpc) is 3.17. The number of aromatic carboxylic acids is 1. The van der Waals surface area contributed by atoms with Gasteiger partial charge in [0.05, 0.1) is 24.4 Å². The van der Waals surface area contributed by atoms with Crippen LogP contribution >= 0.6 is 0 Å². The normalized spacial score (nSPS) is 15.1. The standard InChI is InChI=1S/C20H25N3O4/c1-14(2)13-27-18-5-3-15(4-6-18)19(24)22-9-7-17(8-10-22)23-12-16(11-21-23)20(25)26/h3-6,11-12,14,17H,7-10,13H2,1-2H3,(H,25,26). The number of aromatic nitrogens is 2. The van der Waals surface area contributed by atoms with E-state index in [4.69, 9.17) is 9.84 Å². The maximum atomic E-state index is 12.7. The highest BCUT2D eigenvalue weighted by Gasteiger charge is 2.25. The molecule has 7 heteroatoms. The van der Waals surface area contributed by atoms with Gasteiger partial charge in [-0.1, -0.05) is 13.8 Å². The minimum absolute atomic E-state index is 0.00977. The molecule has 0 aliphatic carbocycles. The van der Waals surface area contributed by atoms with Gasteiger partial charge < -0.3 is 14.7 Å². The molecular weight excluding hydrogens is 346 g/mol. The number of carbonyl (C=O) groups excluding carboxylic acids is 1. The Hall–Kier alpha value is -2.83. The van der Waals surface area contributed by atoms with E-state index in [2.05, 4.69) is 18.9 Å². The number of ether oxygens (including phenoxy) is 1. The van der Waals surface area contributed by atoms with Gasteiger partial charge in [0.25, 0.3) is 5.91 Å². The summed E-state index contributed by atoms with van der Waals surface area (Å²) in [4.78, 5) is 25.5. The quantitative estimate of drug-likeness (QED) is 0.843. The van der Waals surface area contributed by atoms with Crippen molar-refractivity contribution in [3.8, 4) is 5.75 Å². The first-order valence-corrected chi connectivity index (χ1v) is 9.23. The van der Waals surface area contributed by atoms with E-state index in [0.29, 0.717) is 31.2 Å². The van der Waals surface area contributed by atoms with E-state index in [0.717, 1.165) is 18.6 Å². The number of carbonyl (C=O) groups is 2. The van der Waals surface area contributed by atoms with Crippen molar-refractivity contribution in [1.29, 1.82) is 0 Å². The fraction of sp³-hybridized carbons (Fsp3) is 0.450. The fourth-order valence-corrected chi connectivity index (χ4v) is 3.12. The Bertz CT molecular complexity index is 790. The maximum Gasteiger partial charge on any atom is 0.338 e. The summed E-state index contributed by atoms with van der Waals surface area (Å²) >= 11 is 0. The number of likely N-dealkylation sites (tertiary alicyclic amines) is 1. The predicted molar refractivity (Wildman–Crippen MR) is 100 cm³/mol. The first-order valence-electron chi connectivity index (χ1n) is 9.23. The van der Waals surface area contributed by atoms with Crippen molar-refractivity contribution in [2.45, 2.75) is 32.7 Å². The smallest absolute Gasteiger partial charge is 0.338 e. The van der Waals surface area contributed by atoms with Crippen LogP contribution in [0.5, 0.6) is 5.75 Å². The molecule has 0 spiro atoms. The third-order valence-corrected chi connectivity index (χ3v) is 4.66. The van der Waals surface area contributed by atoms with E-state index in [9.17, 15) is 9.59 Å². The topological polar surface area (TPSA) is 84.7 Å². The molecule has 1 aromatic carbocycles. The van der Waals surface area contributed by atoms with Crippen molar-refractivity contribution in [2.24, 2.45) is 5.92 Å². The van der Waals surface area contributed by atoms with Gasteiger partial charge in [-0.25, -0.2) is 4.79 Å². The van der Waals surface area contributed by atoms with Gasteiger partial charge in [0.2, 0.25) is 0 Å². The Morgan fingerprint density at radius 1 is 1.19 bits per heavy atom. The molecule has 2 aromatic rings. The number of carboxylic acids is 1. The van der Waals surface area contributed by atoms with E-state index in [1.807, 2.05) is 17.0 Å². The molecule has 144 valence electrons. The van der Waals surface area contributed by atoms with Crippen LogP contribution in [-0.4, -0.2) is 51.4 Å². The molecule has 1 aliphatic heterocycles. The molecule has 1 N–H and O–H groups in total. The zero-order valence-corrected chi connectivity index (χ0v) is 15.7. The van der Waals surface area contributed by atoms with E-state index in [-0.39, 0.29) is 17.5 Å². The summed E-state index contributed by atoms with van der Waals surface area (Å²) in [7, 11) is 0. The lowest BCUT2D eigenvalue weighted by molar-refractivity contribution is 0.0688. The van der Waals surface area contributed by atoms with E-state index in [1.165, 1.54) is 6.20 Å². The summed E-state index contributed by atoms with van der Waals surface area (Å²) in [5, 5.41) is 13.1. The highest BCUT2D eigenvalue weighted by Crippen LogP contribution is 2.24. The Kier molecular flexibility index (Phi) is 5.78. The summed E-state index contributed by atoms with van der Waals surface area (Å²) in [5.74, 6) is 0.256. The van der Waals surface area contributed by atoms with Crippen LogP contribution in [0.1, 0.15) is 53.4 Å². The number of hydrogen-bond donors (Lipinski definition) is 1. The van der Waals surface area contributed by atoms with Crippen LogP contribution in [0.15, 0.2) is 36.7 Å². The molecule has 1 amide bonds. The second kappa shape index (κ2) is 8.24. The summed E-state index contributed by atoms with van der Waals surface area (Å²) < 4.78 is 7.35. The molecular formula is C20H25N3O4. The van der Waals surface area contributed by atoms with Gasteiger partial charge >= 0.3 is 5.97 Å². The van der Waals surface area contributed by atoms with Crippen LogP contribution < -0.4 is 4.74 Å². The van der Waals surface area contributed by atoms with E-state index < -0.39 is 5.97 Å². The number of nitrogens with zero attached hydrogens (tertiary/aromatic N) is 3. The minimum Gasteiger partial charge on any atom is -0.493 e. The van der Waals surface area contributed by atoms with Gasteiger partial charge in [-0.15, -0.1) is 0 Å². The monoisotopic (exact) mass is 371 g/mol. The molecule has 1 aliphatic rings. The minimum atomic E-state index is -0.977. The van der Waals surface area contributed by atoms with Crippen LogP contribution in [0.25, 0.3) is 0 Å². The first kappa shape index (κ1) is 18.9. The maximum absolute atomic E-state index is 12.7. The lowest BCUT2D eigenvalue weighted by Crippen LogP contribution is -2.39. The lowest BCUT2D eigenvalue weighted by atomic mass is 10.0. The van der Waals surface area contributed by atoms with Crippen LogP contribution in [0.2, 0.25) is 0 Å². The van der Waals surface area contributed by atoms with Gasteiger partial charge in [0, 0.05) is 24.8 Å². The van der Waals surface area contributed by atoms with Gasteiger partial charge in [-0.3, -0.25) is 9.48 Å². The van der Waals surface area contributed by atoms with Gasteiger partial charge in [0.15, 0.2) is 0 Å². The Morgan fingerprint density at radius 3 is 2.41 bits per heavy atom. The molecule has 1 fully saturated rings. The third kappa shape index (κ3) is 4.67. The molecule has 2 heterocycles. The highest BCUT2D eigenvalue weighted by molar-refractivity contribution is 5.94. The van der Waals surface area contributed by atoms with E-state index >= 15 is 0 Å². The number of benzene rings is 1. The second-order valence-corrected chi connectivity index (χ2v) is 7.27. The SMILES string of the molecule is CC(C)COc1ccc(C(=O)N2CCC(n3cc(C(=O)O)cn3)CC2)cc1. The number of hydrogen-bond acceptors (Lipinski definition) is 4. The fourth-order valence-electron chi connectivity index (χ4n) is 3.12.